The van der Waals surface area contributed by atoms with Crippen LogP contribution in [0.2, 0.25) is 0 Å². The van der Waals surface area contributed by atoms with Crippen LogP contribution in [0.25, 0.3) is 21.9 Å². The minimum Gasteiger partial charge on any atom is -0.456 e. The molecule has 0 spiro atoms. The van der Waals surface area contributed by atoms with Crippen molar-refractivity contribution in [3.8, 4) is 0 Å². The lowest BCUT2D eigenvalue weighted by Crippen LogP contribution is -2.29. The van der Waals surface area contributed by atoms with Crippen LogP contribution in [-0.4, -0.2) is 17.2 Å². The first-order valence-corrected chi connectivity index (χ1v) is 6.39. The summed E-state index contributed by atoms with van der Waals surface area (Å²) < 4.78 is 5.82. The highest BCUT2D eigenvalue weighted by molar-refractivity contribution is 6.61. The van der Waals surface area contributed by atoms with E-state index in [0.717, 1.165) is 16.4 Å². The molecule has 0 fully saturated rings. The Bertz CT molecular complexity index is 744. The SMILES string of the molecule is CC(C)c1ccc2c(c1)oc1c(B(O)O)cccc12. The van der Waals surface area contributed by atoms with E-state index in [-0.39, 0.29) is 0 Å². The van der Waals surface area contributed by atoms with Gasteiger partial charge in [-0.05, 0) is 17.5 Å². The minimum absolute atomic E-state index is 0.403. The summed E-state index contributed by atoms with van der Waals surface area (Å²) in [6, 6.07) is 11.5. The fourth-order valence-corrected chi connectivity index (χ4v) is 2.40. The quantitative estimate of drug-likeness (QED) is 0.690. The number of hydrogen-bond acceptors (Lipinski definition) is 3. The summed E-state index contributed by atoms with van der Waals surface area (Å²) in [7, 11) is -1.52. The average Bonchev–Trinajstić information content (AvgIpc) is 2.75. The second-order valence-corrected chi connectivity index (χ2v) is 5.11. The van der Waals surface area contributed by atoms with Gasteiger partial charge in [0.05, 0.1) is 0 Å². The van der Waals surface area contributed by atoms with E-state index in [1.807, 2.05) is 24.3 Å². The van der Waals surface area contributed by atoms with Crippen LogP contribution >= 0.6 is 0 Å². The first-order valence-electron chi connectivity index (χ1n) is 6.39. The number of fused-ring (bicyclic) bond motifs is 3. The van der Waals surface area contributed by atoms with Crippen molar-refractivity contribution in [2.24, 2.45) is 0 Å². The number of furan rings is 1. The smallest absolute Gasteiger partial charge is 0.456 e. The predicted molar refractivity (Wildman–Crippen MR) is 77.6 cm³/mol. The van der Waals surface area contributed by atoms with E-state index in [0.29, 0.717) is 17.0 Å². The molecule has 0 aliphatic rings. The molecule has 0 aliphatic carbocycles. The number of rotatable bonds is 2. The fourth-order valence-electron chi connectivity index (χ4n) is 2.40. The van der Waals surface area contributed by atoms with Gasteiger partial charge in [0.15, 0.2) is 0 Å². The first-order chi connectivity index (χ1) is 9.08. The Hall–Kier alpha value is -1.78. The molecule has 0 saturated carbocycles. The summed E-state index contributed by atoms with van der Waals surface area (Å²) in [4.78, 5) is 0. The van der Waals surface area contributed by atoms with Crippen LogP contribution in [0, 0.1) is 0 Å². The van der Waals surface area contributed by atoms with E-state index < -0.39 is 7.12 Å². The second kappa shape index (κ2) is 4.40. The maximum atomic E-state index is 9.39. The third-order valence-corrected chi connectivity index (χ3v) is 3.50. The van der Waals surface area contributed by atoms with E-state index >= 15 is 0 Å². The predicted octanol–water partition coefficient (Wildman–Crippen LogP) is 2.39. The van der Waals surface area contributed by atoms with Gasteiger partial charge < -0.3 is 14.5 Å². The summed E-state index contributed by atoms with van der Waals surface area (Å²) >= 11 is 0. The van der Waals surface area contributed by atoms with Gasteiger partial charge in [-0.25, -0.2) is 0 Å². The number of para-hydroxylation sites is 1. The molecule has 0 radical (unpaired) electrons. The lowest BCUT2D eigenvalue weighted by Gasteiger charge is -2.03. The molecular weight excluding hydrogens is 239 g/mol. The Morgan fingerprint density at radius 3 is 2.53 bits per heavy atom. The molecule has 0 unspecified atom stereocenters. The lowest BCUT2D eigenvalue weighted by atomic mass is 9.79. The lowest BCUT2D eigenvalue weighted by molar-refractivity contribution is 0.425. The summed E-state index contributed by atoms with van der Waals surface area (Å²) in [5.74, 6) is 0.431. The Balaban J connectivity index is 2.34. The van der Waals surface area contributed by atoms with Gasteiger partial charge in [0.1, 0.15) is 11.2 Å². The molecule has 2 aromatic carbocycles. The van der Waals surface area contributed by atoms with E-state index in [4.69, 9.17) is 4.42 Å². The van der Waals surface area contributed by atoms with E-state index in [2.05, 4.69) is 19.9 Å². The molecule has 0 atom stereocenters. The van der Waals surface area contributed by atoms with Crippen molar-refractivity contribution >= 4 is 34.5 Å². The Kier molecular flexibility index (Phi) is 2.84. The summed E-state index contributed by atoms with van der Waals surface area (Å²) in [5, 5.41) is 20.7. The largest absolute Gasteiger partial charge is 0.492 e. The van der Waals surface area contributed by atoms with Crippen molar-refractivity contribution in [3.63, 3.8) is 0 Å². The molecule has 0 bridgehead atoms. The summed E-state index contributed by atoms with van der Waals surface area (Å²) in [5.41, 5.74) is 2.94. The molecule has 3 nitrogen and oxygen atoms in total. The van der Waals surface area contributed by atoms with Gasteiger partial charge in [-0.15, -0.1) is 0 Å². The highest BCUT2D eigenvalue weighted by Crippen LogP contribution is 2.30. The molecule has 1 aromatic heterocycles. The van der Waals surface area contributed by atoms with Crippen molar-refractivity contribution in [2.45, 2.75) is 19.8 Å². The third kappa shape index (κ3) is 1.93. The third-order valence-electron chi connectivity index (χ3n) is 3.50. The molecule has 0 aliphatic heterocycles. The van der Waals surface area contributed by atoms with Crippen LogP contribution in [0.5, 0.6) is 0 Å². The van der Waals surface area contributed by atoms with Gasteiger partial charge in [0.25, 0.3) is 0 Å². The van der Waals surface area contributed by atoms with E-state index in [9.17, 15) is 10.0 Å². The molecule has 3 aromatic rings. The standard InChI is InChI=1S/C15H15BO3/c1-9(2)10-6-7-11-12-4-3-5-13(16(17)18)15(12)19-14(11)8-10/h3-9,17-18H,1-2H3. The molecule has 2 N–H and O–H groups in total. The zero-order chi connectivity index (χ0) is 13.6. The van der Waals surface area contributed by atoms with E-state index in [1.54, 1.807) is 6.07 Å². The minimum atomic E-state index is -1.52. The van der Waals surface area contributed by atoms with Gasteiger partial charge in [-0.3, -0.25) is 0 Å². The van der Waals surface area contributed by atoms with Gasteiger partial charge >= 0.3 is 7.12 Å². The van der Waals surface area contributed by atoms with Crippen LogP contribution < -0.4 is 5.46 Å². The topological polar surface area (TPSA) is 53.6 Å². The molecule has 1 heterocycles. The number of benzene rings is 2. The average molecular weight is 254 g/mol. The van der Waals surface area contributed by atoms with Crippen LogP contribution in [0.1, 0.15) is 25.3 Å². The zero-order valence-electron chi connectivity index (χ0n) is 10.9. The van der Waals surface area contributed by atoms with Crippen molar-refractivity contribution in [1.82, 2.24) is 0 Å². The number of hydrogen-bond donors (Lipinski definition) is 2. The van der Waals surface area contributed by atoms with Gasteiger partial charge in [-0.1, -0.05) is 44.2 Å². The molecular formula is C15H15BO3. The van der Waals surface area contributed by atoms with Crippen molar-refractivity contribution < 1.29 is 14.5 Å². The molecule has 0 amide bonds. The monoisotopic (exact) mass is 254 g/mol. The highest BCUT2D eigenvalue weighted by Gasteiger charge is 2.19. The molecule has 96 valence electrons. The van der Waals surface area contributed by atoms with Crippen LogP contribution in [-0.2, 0) is 0 Å². The Labute approximate surface area is 111 Å². The summed E-state index contributed by atoms with van der Waals surface area (Å²) in [6.45, 7) is 4.26. The molecule has 3 rings (SSSR count). The Morgan fingerprint density at radius 1 is 1.05 bits per heavy atom. The van der Waals surface area contributed by atoms with Gasteiger partial charge in [0.2, 0.25) is 0 Å². The normalized spacial score (nSPS) is 11.6. The van der Waals surface area contributed by atoms with Crippen molar-refractivity contribution in [1.29, 1.82) is 0 Å². The van der Waals surface area contributed by atoms with Crippen molar-refractivity contribution in [2.75, 3.05) is 0 Å². The molecule has 4 heteroatoms. The maximum absolute atomic E-state index is 9.39. The van der Waals surface area contributed by atoms with Gasteiger partial charge in [-0.2, -0.15) is 0 Å². The second-order valence-electron chi connectivity index (χ2n) is 5.11. The highest BCUT2D eigenvalue weighted by atomic mass is 16.4. The van der Waals surface area contributed by atoms with Crippen molar-refractivity contribution in [3.05, 3.63) is 42.0 Å². The van der Waals surface area contributed by atoms with Gasteiger partial charge in [0, 0.05) is 16.2 Å². The van der Waals surface area contributed by atoms with Crippen LogP contribution in [0.15, 0.2) is 40.8 Å². The molecule has 19 heavy (non-hydrogen) atoms. The summed E-state index contributed by atoms with van der Waals surface area (Å²) in [6.07, 6.45) is 0. The maximum Gasteiger partial charge on any atom is 0.492 e. The van der Waals surface area contributed by atoms with E-state index in [1.165, 1.54) is 5.56 Å². The Morgan fingerprint density at radius 2 is 1.84 bits per heavy atom. The zero-order valence-corrected chi connectivity index (χ0v) is 10.9. The van der Waals surface area contributed by atoms with Crippen LogP contribution in [0.3, 0.4) is 0 Å². The van der Waals surface area contributed by atoms with Crippen LogP contribution in [0.4, 0.5) is 0 Å². The first kappa shape index (κ1) is 12.3. The molecule has 0 saturated heterocycles. The fraction of sp³-hybridized carbons (Fsp3) is 0.200.